The molecule has 0 aromatic heterocycles. The monoisotopic (exact) mass is 430 g/mol. The highest BCUT2D eigenvalue weighted by Crippen LogP contribution is 2.11. The van der Waals surface area contributed by atoms with Gasteiger partial charge in [-0.15, -0.1) is 5.14 Å². The zero-order chi connectivity index (χ0) is 21.7. The molecule has 5 nitrogen and oxygen atoms in total. The van der Waals surface area contributed by atoms with Gasteiger partial charge in [0.15, 0.2) is 17.4 Å². The summed E-state index contributed by atoms with van der Waals surface area (Å²) in [5.74, 6) is 0.837. The van der Waals surface area contributed by atoms with Crippen LogP contribution in [0.15, 0.2) is 4.40 Å². The fourth-order valence-corrected chi connectivity index (χ4v) is 4.10. The minimum Gasteiger partial charge on any atom is -0.572 e. The van der Waals surface area contributed by atoms with Crippen molar-refractivity contribution < 1.29 is 4.55 Å². The summed E-state index contributed by atoms with van der Waals surface area (Å²) in [6.45, 7) is 8.20. The topological polar surface area (TPSA) is 67.9 Å². The maximum Gasteiger partial charge on any atom is 0.190 e. The molecule has 29 heavy (non-hydrogen) atoms. The third-order valence-electron chi connectivity index (χ3n) is 5.49. The second-order valence-corrected chi connectivity index (χ2v) is 9.25. The van der Waals surface area contributed by atoms with Crippen LogP contribution in [0.2, 0.25) is 0 Å². The average molecular weight is 431 g/mol. The third kappa shape index (κ3) is 19.4. The summed E-state index contributed by atoms with van der Waals surface area (Å²) >= 11 is -1.61. The fourth-order valence-electron chi connectivity index (χ4n) is 3.64. The summed E-state index contributed by atoms with van der Waals surface area (Å²) in [6, 6.07) is 0. The summed E-state index contributed by atoms with van der Waals surface area (Å²) in [5, 5.41) is 5.33. The van der Waals surface area contributed by atoms with Crippen molar-refractivity contribution in [1.82, 2.24) is 9.80 Å². The normalized spacial score (nSPS) is 13.3. The second kappa shape index (κ2) is 21.0. The lowest BCUT2D eigenvalue weighted by Gasteiger charge is -2.23. The Hall–Kier alpha value is -0.300. The highest BCUT2D eigenvalue weighted by Gasteiger charge is 2.09. The van der Waals surface area contributed by atoms with E-state index < -0.39 is 11.5 Å². The first-order valence-electron chi connectivity index (χ1n) is 12.1. The van der Waals surface area contributed by atoms with Crippen LogP contribution in [-0.2, 0) is 11.5 Å². The first-order chi connectivity index (χ1) is 14.0. The molecule has 6 heteroatoms. The Morgan fingerprint density at radius 2 is 1.14 bits per heavy atom. The largest absolute Gasteiger partial charge is 0.572 e. The molecule has 1 unspecified atom stereocenters. The van der Waals surface area contributed by atoms with Crippen LogP contribution >= 0.6 is 0 Å². The van der Waals surface area contributed by atoms with Gasteiger partial charge in [0.05, 0.1) is 0 Å². The SMILES string of the molecule is CCCCCCCCN(CCCCCCCC)CCCCC(=N[S+](N)[O-])N(C)C. The van der Waals surface area contributed by atoms with Crippen molar-refractivity contribution in [3.63, 3.8) is 0 Å². The molecule has 0 heterocycles. The molecule has 0 aliphatic heterocycles. The Morgan fingerprint density at radius 1 is 0.724 bits per heavy atom. The zero-order valence-electron chi connectivity index (χ0n) is 20.0. The van der Waals surface area contributed by atoms with Gasteiger partial charge >= 0.3 is 0 Å². The van der Waals surface area contributed by atoms with Crippen molar-refractivity contribution in [1.29, 1.82) is 0 Å². The molecule has 0 saturated carbocycles. The molecule has 0 bridgehead atoms. The van der Waals surface area contributed by atoms with Crippen LogP contribution in [-0.4, -0.2) is 53.9 Å². The van der Waals surface area contributed by atoms with E-state index in [0.717, 1.165) is 31.6 Å². The Morgan fingerprint density at radius 3 is 1.55 bits per heavy atom. The minimum absolute atomic E-state index is 0.837. The van der Waals surface area contributed by atoms with E-state index in [1.54, 1.807) is 0 Å². The number of unbranched alkanes of at least 4 members (excludes halogenated alkanes) is 11. The van der Waals surface area contributed by atoms with Crippen LogP contribution in [0.3, 0.4) is 0 Å². The summed E-state index contributed by atoms with van der Waals surface area (Å²) < 4.78 is 15.2. The van der Waals surface area contributed by atoms with Crippen LogP contribution < -0.4 is 5.14 Å². The molecule has 0 fully saturated rings. The van der Waals surface area contributed by atoms with Gasteiger partial charge in [0, 0.05) is 20.5 Å². The van der Waals surface area contributed by atoms with Crippen LogP contribution in [0.1, 0.15) is 110 Å². The Labute approximate surface area is 185 Å². The maximum atomic E-state index is 11.2. The van der Waals surface area contributed by atoms with Crippen LogP contribution in [0.5, 0.6) is 0 Å². The molecular weight excluding hydrogens is 380 g/mol. The van der Waals surface area contributed by atoms with Gasteiger partial charge in [0.1, 0.15) is 0 Å². The third-order valence-corrected chi connectivity index (χ3v) is 5.88. The lowest BCUT2D eigenvalue weighted by Crippen LogP contribution is -2.28. The van der Waals surface area contributed by atoms with Gasteiger partial charge in [-0.3, -0.25) is 0 Å². The number of nitrogens with two attached hydrogens (primary N) is 1. The summed E-state index contributed by atoms with van der Waals surface area (Å²) in [4.78, 5) is 4.60. The van der Waals surface area contributed by atoms with Crippen molar-refractivity contribution in [3.05, 3.63) is 0 Å². The first kappa shape index (κ1) is 28.7. The molecule has 0 radical (unpaired) electrons. The van der Waals surface area contributed by atoms with E-state index in [1.807, 2.05) is 19.0 Å². The lowest BCUT2D eigenvalue weighted by molar-refractivity contribution is 0.255. The maximum absolute atomic E-state index is 11.2. The Bertz CT molecular complexity index is 362. The van der Waals surface area contributed by atoms with Crippen LogP contribution in [0.25, 0.3) is 0 Å². The van der Waals surface area contributed by atoms with Gasteiger partial charge in [-0.05, 0) is 49.7 Å². The van der Waals surface area contributed by atoms with E-state index in [9.17, 15) is 4.55 Å². The molecule has 174 valence electrons. The molecule has 0 saturated heterocycles. The second-order valence-electron chi connectivity index (χ2n) is 8.51. The van der Waals surface area contributed by atoms with Crippen molar-refractivity contribution in [2.75, 3.05) is 33.7 Å². The number of nitrogens with zero attached hydrogens (tertiary/aromatic N) is 3. The van der Waals surface area contributed by atoms with E-state index in [4.69, 9.17) is 5.14 Å². The molecule has 0 aliphatic carbocycles. The Kier molecular flexibility index (Phi) is 20.7. The highest BCUT2D eigenvalue weighted by molar-refractivity contribution is 7.88. The van der Waals surface area contributed by atoms with E-state index in [0.29, 0.717) is 0 Å². The predicted octanol–water partition coefficient (Wildman–Crippen LogP) is 5.68. The van der Waals surface area contributed by atoms with Gasteiger partial charge in [-0.2, -0.15) is 0 Å². The fraction of sp³-hybridized carbons (Fsp3) is 0.957. The van der Waals surface area contributed by atoms with Crippen molar-refractivity contribution in [2.24, 2.45) is 9.54 Å². The molecule has 0 rings (SSSR count). The van der Waals surface area contributed by atoms with Crippen LogP contribution in [0.4, 0.5) is 0 Å². The first-order valence-corrected chi connectivity index (χ1v) is 13.3. The number of hydrogen-bond acceptors (Lipinski definition) is 4. The number of hydrogen-bond donors (Lipinski definition) is 1. The predicted molar refractivity (Wildman–Crippen MR) is 130 cm³/mol. The molecule has 0 spiro atoms. The number of rotatable bonds is 20. The van der Waals surface area contributed by atoms with Gasteiger partial charge < -0.3 is 14.4 Å². The number of amidine groups is 1. The summed E-state index contributed by atoms with van der Waals surface area (Å²) in [6.07, 6.45) is 19.4. The van der Waals surface area contributed by atoms with Gasteiger partial charge in [0.2, 0.25) is 0 Å². The molecule has 0 aliphatic rings. The molecule has 1 atom stereocenters. The van der Waals surface area contributed by atoms with Gasteiger partial charge in [-0.1, -0.05) is 78.1 Å². The lowest BCUT2D eigenvalue weighted by atomic mass is 10.1. The standard InChI is InChI=1S/C23H50N4OS/c1-5-7-9-11-13-16-20-27(21-17-14-12-10-8-6-2)22-18-15-19-23(26(3)4)25-29(24)28/h5-22,24H2,1-4H3. The smallest absolute Gasteiger partial charge is 0.190 e. The summed E-state index contributed by atoms with van der Waals surface area (Å²) in [5.41, 5.74) is 0. The van der Waals surface area contributed by atoms with E-state index in [1.165, 1.54) is 90.1 Å². The molecular formula is C23H50N4OS. The quantitative estimate of drug-likeness (QED) is 0.117. The van der Waals surface area contributed by atoms with Crippen molar-refractivity contribution in [2.45, 2.75) is 110 Å². The van der Waals surface area contributed by atoms with Crippen molar-refractivity contribution in [3.8, 4) is 0 Å². The van der Waals surface area contributed by atoms with Gasteiger partial charge in [-0.25, -0.2) is 0 Å². The van der Waals surface area contributed by atoms with E-state index >= 15 is 0 Å². The zero-order valence-corrected chi connectivity index (χ0v) is 20.8. The highest BCUT2D eigenvalue weighted by atomic mass is 32.2. The molecule has 0 aromatic rings. The molecule has 0 amide bonds. The average Bonchev–Trinajstić information content (AvgIpc) is 2.68. The summed E-state index contributed by atoms with van der Waals surface area (Å²) in [7, 11) is 3.88. The van der Waals surface area contributed by atoms with Crippen molar-refractivity contribution >= 4 is 17.4 Å². The Balaban J connectivity index is 4.19. The van der Waals surface area contributed by atoms with Gasteiger partial charge in [0.25, 0.3) is 0 Å². The molecule has 0 aromatic carbocycles. The minimum atomic E-state index is -1.61. The molecule has 2 N–H and O–H groups in total. The van der Waals surface area contributed by atoms with Crippen LogP contribution in [0, 0.1) is 0 Å². The van der Waals surface area contributed by atoms with E-state index in [-0.39, 0.29) is 0 Å². The van der Waals surface area contributed by atoms with E-state index in [2.05, 4.69) is 23.1 Å².